The summed E-state index contributed by atoms with van der Waals surface area (Å²) in [7, 11) is 0. The molecule has 3 unspecified atom stereocenters. The molecule has 3 heteroatoms. The van der Waals surface area contributed by atoms with E-state index >= 15 is 0 Å². The van der Waals surface area contributed by atoms with Gasteiger partial charge in [-0.3, -0.25) is 4.68 Å². The number of nitrogens with one attached hydrogen (secondary N) is 1. The van der Waals surface area contributed by atoms with Gasteiger partial charge in [0.05, 0.1) is 5.69 Å². The Labute approximate surface area is 125 Å². The molecule has 1 N–H and O–H groups in total. The molecule has 0 aromatic carbocycles. The average Bonchev–Trinajstić information content (AvgIpc) is 2.91. The van der Waals surface area contributed by atoms with E-state index in [-0.39, 0.29) is 0 Å². The van der Waals surface area contributed by atoms with E-state index in [0.717, 1.165) is 19.4 Å². The van der Waals surface area contributed by atoms with Gasteiger partial charge in [0.2, 0.25) is 0 Å². The molecular formula is C17H33N3. The Balaban J connectivity index is 2.65. The first kappa shape index (κ1) is 17.2. The van der Waals surface area contributed by atoms with E-state index in [1.54, 1.807) is 0 Å². The molecule has 0 saturated heterocycles. The van der Waals surface area contributed by atoms with Crippen LogP contribution in [0, 0.1) is 5.92 Å². The molecule has 0 aliphatic heterocycles. The molecule has 3 nitrogen and oxygen atoms in total. The summed E-state index contributed by atoms with van der Waals surface area (Å²) in [6, 6.07) is 3.24. The zero-order valence-electron chi connectivity index (χ0n) is 14.0. The van der Waals surface area contributed by atoms with Crippen LogP contribution < -0.4 is 5.32 Å². The van der Waals surface area contributed by atoms with Gasteiger partial charge in [0.15, 0.2) is 0 Å². The number of hydrogen-bond donors (Lipinski definition) is 1. The number of rotatable bonds is 10. The predicted molar refractivity (Wildman–Crippen MR) is 87.1 cm³/mol. The van der Waals surface area contributed by atoms with Gasteiger partial charge in [-0.15, -0.1) is 0 Å². The molecule has 0 saturated carbocycles. The van der Waals surface area contributed by atoms with Gasteiger partial charge in [-0.2, -0.15) is 5.10 Å². The Hall–Kier alpha value is -0.830. The van der Waals surface area contributed by atoms with Crippen molar-refractivity contribution in [1.82, 2.24) is 15.1 Å². The van der Waals surface area contributed by atoms with E-state index in [0.29, 0.717) is 18.0 Å². The molecule has 1 heterocycles. The molecule has 0 spiro atoms. The topological polar surface area (TPSA) is 29.9 Å². The molecule has 116 valence electrons. The van der Waals surface area contributed by atoms with Crippen molar-refractivity contribution in [3.63, 3.8) is 0 Å². The van der Waals surface area contributed by atoms with Crippen molar-refractivity contribution in [3.05, 3.63) is 18.0 Å². The molecule has 0 fully saturated rings. The van der Waals surface area contributed by atoms with E-state index in [1.165, 1.54) is 25.0 Å². The maximum atomic E-state index is 4.75. The summed E-state index contributed by atoms with van der Waals surface area (Å²) in [5, 5.41) is 8.45. The minimum absolute atomic E-state index is 0.499. The second-order valence-electron chi connectivity index (χ2n) is 6.08. The first-order chi connectivity index (χ1) is 9.62. The summed E-state index contributed by atoms with van der Waals surface area (Å²) in [6.07, 6.45) is 8.04. The number of nitrogens with zero attached hydrogens (tertiary/aromatic N) is 2. The maximum absolute atomic E-state index is 4.75. The lowest BCUT2D eigenvalue weighted by Crippen LogP contribution is -2.37. The van der Waals surface area contributed by atoms with Crippen LogP contribution in [0.2, 0.25) is 0 Å². The van der Waals surface area contributed by atoms with Crippen LogP contribution in [-0.2, 0) is 6.42 Å². The summed E-state index contributed by atoms with van der Waals surface area (Å²) in [5.41, 5.74) is 1.22. The first-order valence-corrected chi connectivity index (χ1v) is 8.39. The van der Waals surface area contributed by atoms with Crippen molar-refractivity contribution in [3.8, 4) is 0 Å². The molecule has 0 aliphatic rings. The highest BCUT2D eigenvalue weighted by Gasteiger charge is 2.18. The highest BCUT2D eigenvalue weighted by atomic mass is 15.3. The molecular weight excluding hydrogens is 246 g/mol. The maximum Gasteiger partial charge on any atom is 0.0640 e. The minimum Gasteiger partial charge on any atom is -0.313 e. The van der Waals surface area contributed by atoms with E-state index in [9.17, 15) is 0 Å². The Morgan fingerprint density at radius 3 is 2.55 bits per heavy atom. The SMILES string of the molecule is CCCNC(Cc1ccn(C(C)CC)n1)C(C)CCC. The highest BCUT2D eigenvalue weighted by molar-refractivity contribution is 5.03. The van der Waals surface area contributed by atoms with Gasteiger partial charge in [-0.05, 0) is 44.7 Å². The van der Waals surface area contributed by atoms with E-state index in [4.69, 9.17) is 5.10 Å². The number of hydrogen-bond acceptors (Lipinski definition) is 2. The summed E-state index contributed by atoms with van der Waals surface area (Å²) < 4.78 is 2.11. The van der Waals surface area contributed by atoms with Gasteiger partial charge in [0, 0.05) is 24.7 Å². The van der Waals surface area contributed by atoms with Crippen molar-refractivity contribution in [2.75, 3.05) is 6.54 Å². The molecule has 0 radical (unpaired) electrons. The summed E-state index contributed by atoms with van der Waals surface area (Å²) >= 11 is 0. The van der Waals surface area contributed by atoms with Crippen molar-refractivity contribution < 1.29 is 0 Å². The van der Waals surface area contributed by atoms with Gasteiger partial charge in [0.25, 0.3) is 0 Å². The fourth-order valence-corrected chi connectivity index (χ4v) is 2.60. The van der Waals surface area contributed by atoms with Crippen LogP contribution in [0.15, 0.2) is 12.3 Å². The molecule has 1 aromatic heterocycles. The lowest BCUT2D eigenvalue weighted by molar-refractivity contribution is 0.348. The smallest absolute Gasteiger partial charge is 0.0640 e. The molecule has 20 heavy (non-hydrogen) atoms. The quantitative estimate of drug-likeness (QED) is 0.695. The van der Waals surface area contributed by atoms with Crippen LogP contribution in [0.3, 0.4) is 0 Å². The second-order valence-corrected chi connectivity index (χ2v) is 6.08. The monoisotopic (exact) mass is 279 g/mol. The van der Waals surface area contributed by atoms with Crippen molar-refractivity contribution >= 4 is 0 Å². The molecule has 1 aromatic rings. The number of aromatic nitrogens is 2. The van der Waals surface area contributed by atoms with Crippen molar-refractivity contribution in [1.29, 1.82) is 0 Å². The summed E-state index contributed by atoms with van der Waals surface area (Å²) in [5.74, 6) is 0.709. The Morgan fingerprint density at radius 2 is 1.95 bits per heavy atom. The third-order valence-corrected chi connectivity index (χ3v) is 4.22. The van der Waals surface area contributed by atoms with Crippen LogP contribution in [0.1, 0.15) is 72.0 Å². The first-order valence-electron chi connectivity index (χ1n) is 8.39. The van der Waals surface area contributed by atoms with Crippen LogP contribution in [0.5, 0.6) is 0 Å². The Bertz CT molecular complexity index is 359. The minimum atomic E-state index is 0.499. The summed E-state index contributed by atoms with van der Waals surface area (Å²) in [4.78, 5) is 0. The largest absolute Gasteiger partial charge is 0.313 e. The zero-order chi connectivity index (χ0) is 15.0. The fourth-order valence-electron chi connectivity index (χ4n) is 2.60. The zero-order valence-corrected chi connectivity index (χ0v) is 14.0. The van der Waals surface area contributed by atoms with E-state index in [1.807, 2.05) is 0 Å². The highest BCUT2D eigenvalue weighted by Crippen LogP contribution is 2.16. The third-order valence-electron chi connectivity index (χ3n) is 4.22. The van der Waals surface area contributed by atoms with Gasteiger partial charge >= 0.3 is 0 Å². The molecule has 0 aliphatic carbocycles. The molecule has 3 atom stereocenters. The van der Waals surface area contributed by atoms with Gasteiger partial charge in [-0.25, -0.2) is 0 Å². The Morgan fingerprint density at radius 1 is 1.20 bits per heavy atom. The van der Waals surface area contributed by atoms with Gasteiger partial charge in [-0.1, -0.05) is 34.1 Å². The van der Waals surface area contributed by atoms with Crippen molar-refractivity contribution in [2.45, 2.75) is 78.8 Å². The summed E-state index contributed by atoms with van der Waals surface area (Å²) in [6.45, 7) is 12.4. The lowest BCUT2D eigenvalue weighted by Gasteiger charge is -2.24. The van der Waals surface area contributed by atoms with Crippen molar-refractivity contribution in [2.24, 2.45) is 5.92 Å². The predicted octanol–water partition coefficient (Wildman–Crippen LogP) is 4.20. The van der Waals surface area contributed by atoms with E-state index < -0.39 is 0 Å². The van der Waals surface area contributed by atoms with Crippen LogP contribution >= 0.6 is 0 Å². The molecule has 0 amide bonds. The van der Waals surface area contributed by atoms with Crippen LogP contribution in [0.25, 0.3) is 0 Å². The van der Waals surface area contributed by atoms with E-state index in [2.05, 4.69) is 56.9 Å². The third kappa shape index (κ3) is 5.28. The van der Waals surface area contributed by atoms with Gasteiger partial charge in [0.1, 0.15) is 0 Å². The lowest BCUT2D eigenvalue weighted by atomic mass is 9.93. The van der Waals surface area contributed by atoms with Crippen LogP contribution in [0.4, 0.5) is 0 Å². The van der Waals surface area contributed by atoms with Crippen LogP contribution in [-0.4, -0.2) is 22.4 Å². The average molecular weight is 279 g/mol. The normalized spacial score (nSPS) is 16.1. The second kappa shape index (κ2) is 9.17. The molecule has 0 bridgehead atoms. The van der Waals surface area contributed by atoms with Gasteiger partial charge < -0.3 is 5.32 Å². The Kier molecular flexibility index (Phi) is 7.90. The standard InChI is InChI=1S/C17H33N3/c1-6-9-14(4)17(18-11-7-2)13-16-10-12-20(19-16)15(5)8-3/h10,12,14-15,17-18H,6-9,11,13H2,1-5H3. The molecule has 1 rings (SSSR count). The fraction of sp³-hybridized carbons (Fsp3) is 0.824.